The second-order valence-electron chi connectivity index (χ2n) is 8.46. The van der Waals surface area contributed by atoms with Crippen LogP contribution in [-0.2, 0) is 6.61 Å². The highest BCUT2D eigenvalue weighted by atomic mass is 16.6. The van der Waals surface area contributed by atoms with Crippen LogP contribution in [0.2, 0.25) is 0 Å². The van der Waals surface area contributed by atoms with E-state index in [2.05, 4.69) is 41.1 Å². The van der Waals surface area contributed by atoms with Gasteiger partial charge in [0, 0.05) is 28.7 Å². The zero-order chi connectivity index (χ0) is 27.9. The minimum Gasteiger partial charge on any atom is -0.490 e. The predicted octanol–water partition coefficient (Wildman–Crippen LogP) is 5.35. The highest BCUT2D eigenvalue weighted by Crippen LogP contribution is 2.37. The Labute approximate surface area is 224 Å². The molecule has 4 aromatic rings. The lowest BCUT2D eigenvalue weighted by atomic mass is 10.2. The summed E-state index contributed by atoms with van der Waals surface area (Å²) < 4.78 is 24.1. The Morgan fingerprint density at radius 2 is 1.79 bits per heavy atom. The summed E-state index contributed by atoms with van der Waals surface area (Å²) in [5.41, 5.74) is 5.73. The van der Waals surface area contributed by atoms with Gasteiger partial charge in [0.25, 0.3) is 0 Å². The smallest absolute Gasteiger partial charge is 0.315 e. The van der Waals surface area contributed by atoms with E-state index in [9.17, 15) is 14.9 Å². The number of furan rings is 1. The van der Waals surface area contributed by atoms with Gasteiger partial charge in [-0.05, 0) is 75.4 Å². The number of carbonyl (C=O) groups excluding carboxylic acids is 1. The van der Waals surface area contributed by atoms with Gasteiger partial charge in [-0.15, -0.1) is 0 Å². The van der Waals surface area contributed by atoms with Crippen molar-refractivity contribution in [1.29, 1.82) is 0 Å². The molecule has 0 aliphatic heterocycles. The normalized spacial score (nSPS) is 11.0. The number of amides is 1. The van der Waals surface area contributed by atoms with Crippen molar-refractivity contribution in [2.24, 2.45) is 5.10 Å². The number of carbonyl (C=O) groups is 1. The number of nitrogens with zero attached hydrogens (tertiary/aromatic N) is 3. The fourth-order valence-electron chi connectivity index (χ4n) is 4.01. The van der Waals surface area contributed by atoms with Crippen LogP contribution in [0.15, 0.2) is 70.2 Å². The van der Waals surface area contributed by atoms with E-state index < -0.39 is 10.8 Å². The molecule has 0 aliphatic rings. The number of hydrazone groups is 1. The van der Waals surface area contributed by atoms with E-state index in [1.54, 1.807) is 13.0 Å². The number of nitro benzene ring substituents is 1. The average molecular weight is 533 g/mol. The third-order valence-corrected chi connectivity index (χ3v) is 5.77. The largest absolute Gasteiger partial charge is 0.490 e. The molecule has 11 heteroatoms. The highest BCUT2D eigenvalue weighted by molar-refractivity contribution is 5.92. The predicted molar refractivity (Wildman–Crippen MR) is 144 cm³/mol. The van der Waals surface area contributed by atoms with Crippen molar-refractivity contribution >= 4 is 17.8 Å². The van der Waals surface area contributed by atoms with E-state index in [0.717, 1.165) is 17.1 Å². The molecule has 0 saturated heterocycles. The summed E-state index contributed by atoms with van der Waals surface area (Å²) in [4.78, 5) is 23.3. The molecular formula is C28H28N4O7. The first-order valence-corrected chi connectivity index (χ1v) is 12.1. The summed E-state index contributed by atoms with van der Waals surface area (Å²) in [6.07, 6.45) is 1.26. The lowest BCUT2D eigenvalue weighted by molar-refractivity contribution is -0.385. The maximum atomic E-state index is 12.5. The fourth-order valence-corrected chi connectivity index (χ4v) is 4.01. The Bertz CT molecular complexity index is 1480. The second kappa shape index (κ2) is 12.0. The van der Waals surface area contributed by atoms with Gasteiger partial charge in [0.15, 0.2) is 11.5 Å². The number of nitrogens with one attached hydrogen (secondary N) is 1. The number of nitro groups is 1. The van der Waals surface area contributed by atoms with Crippen LogP contribution in [0.1, 0.15) is 40.2 Å². The number of benzene rings is 2. The Hall–Kier alpha value is -5.06. The monoisotopic (exact) mass is 532 g/mol. The van der Waals surface area contributed by atoms with Crippen molar-refractivity contribution in [2.75, 3.05) is 13.7 Å². The molecule has 0 bridgehead atoms. The number of rotatable bonds is 11. The van der Waals surface area contributed by atoms with Crippen LogP contribution in [0.25, 0.3) is 5.69 Å². The lowest BCUT2D eigenvalue weighted by Gasteiger charge is -2.10. The third kappa shape index (κ3) is 6.27. The molecule has 1 N–H and O–H groups in total. The molecule has 0 radical (unpaired) electrons. The van der Waals surface area contributed by atoms with Gasteiger partial charge >= 0.3 is 11.6 Å². The summed E-state index contributed by atoms with van der Waals surface area (Å²) >= 11 is 0. The molecular weight excluding hydrogens is 504 g/mol. The van der Waals surface area contributed by atoms with E-state index in [1.807, 2.05) is 24.3 Å². The van der Waals surface area contributed by atoms with Crippen LogP contribution in [0.5, 0.6) is 17.2 Å². The molecule has 0 atom stereocenters. The van der Waals surface area contributed by atoms with E-state index in [-0.39, 0.29) is 36.2 Å². The molecule has 1 amide bonds. The van der Waals surface area contributed by atoms with Gasteiger partial charge in [0.1, 0.15) is 18.1 Å². The van der Waals surface area contributed by atoms with Gasteiger partial charge in [-0.1, -0.05) is 0 Å². The first-order chi connectivity index (χ1) is 18.8. The van der Waals surface area contributed by atoms with Crippen LogP contribution in [0.4, 0.5) is 5.69 Å². The molecule has 4 rings (SSSR count). The summed E-state index contributed by atoms with van der Waals surface area (Å²) in [5, 5.41) is 15.3. The zero-order valence-corrected chi connectivity index (χ0v) is 22.0. The minimum absolute atomic E-state index is 0.00964. The average Bonchev–Trinajstić information content (AvgIpc) is 3.54. The summed E-state index contributed by atoms with van der Waals surface area (Å²) in [6, 6.07) is 17.8. The molecule has 11 nitrogen and oxygen atoms in total. The minimum atomic E-state index is -0.590. The van der Waals surface area contributed by atoms with Crippen molar-refractivity contribution in [3.63, 3.8) is 0 Å². The summed E-state index contributed by atoms with van der Waals surface area (Å²) in [6.45, 7) is 6.27. The molecule has 39 heavy (non-hydrogen) atoms. The molecule has 0 unspecified atom stereocenters. The van der Waals surface area contributed by atoms with Crippen molar-refractivity contribution in [1.82, 2.24) is 9.99 Å². The Morgan fingerprint density at radius 3 is 2.44 bits per heavy atom. The molecule has 0 saturated carbocycles. The maximum absolute atomic E-state index is 12.5. The molecule has 2 heterocycles. The standard InChI is InChI=1S/C28H28N4O7/c1-5-37-26-15-20(14-24(32(34)35)27(26)36-4)16-29-30-28(33)25-13-12-23(39-25)17-38-22-10-8-21(9-11-22)31-18(2)6-7-19(31)3/h6-16H,5,17H2,1-4H3,(H,30,33)/b29-16+. The Balaban J connectivity index is 1.36. The lowest BCUT2D eigenvalue weighted by Crippen LogP contribution is -2.16. The number of hydrogen-bond acceptors (Lipinski definition) is 8. The van der Waals surface area contributed by atoms with Gasteiger partial charge in [-0.2, -0.15) is 5.10 Å². The van der Waals surface area contributed by atoms with Crippen molar-refractivity contribution in [2.45, 2.75) is 27.4 Å². The topological polar surface area (TPSA) is 130 Å². The van der Waals surface area contributed by atoms with Crippen LogP contribution in [0, 0.1) is 24.0 Å². The molecule has 0 fully saturated rings. The van der Waals surface area contributed by atoms with Gasteiger partial charge in [0.2, 0.25) is 5.75 Å². The van der Waals surface area contributed by atoms with Gasteiger partial charge in [-0.25, -0.2) is 5.43 Å². The summed E-state index contributed by atoms with van der Waals surface area (Å²) in [7, 11) is 1.32. The Kier molecular flexibility index (Phi) is 8.30. The SMILES string of the molecule is CCOc1cc(/C=N/NC(=O)c2ccc(COc3ccc(-n4c(C)ccc4C)cc3)o2)cc([N+](=O)[O-])c1OC. The highest BCUT2D eigenvalue weighted by Gasteiger charge is 2.21. The van der Waals surface area contributed by atoms with E-state index >= 15 is 0 Å². The van der Waals surface area contributed by atoms with Gasteiger partial charge in [0.05, 0.1) is 24.9 Å². The third-order valence-electron chi connectivity index (χ3n) is 5.77. The van der Waals surface area contributed by atoms with Crippen LogP contribution in [-0.4, -0.2) is 35.3 Å². The van der Waals surface area contributed by atoms with Crippen molar-refractivity contribution in [3.8, 4) is 22.9 Å². The molecule has 0 spiro atoms. The van der Waals surface area contributed by atoms with Crippen LogP contribution >= 0.6 is 0 Å². The molecule has 202 valence electrons. The van der Waals surface area contributed by atoms with E-state index in [1.165, 1.54) is 31.5 Å². The number of aryl methyl sites for hydroxylation is 2. The zero-order valence-electron chi connectivity index (χ0n) is 22.0. The molecule has 2 aromatic carbocycles. The number of aromatic nitrogens is 1. The number of methoxy groups -OCH3 is 1. The molecule has 0 aliphatic carbocycles. The first-order valence-electron chi connectivity index (χ1n) is 12.1. The van der Waals surface area contributed by atoms with Crippen molar-refractivity contribution in [3.05, 3.63) is 99.2 Å². The van der Waals surface area contributed by atoms with E-state index in [4.69, 9.17) is 18.6 Å². The first kappa shape index (κ1) is 27.0. The fraction of sp³-hybridized carbons (Fsp3) is 0.214. The summed E-state index contributed by atoms with van der Waals surface area (Å²) in [5.74, 6) is 0.769. The van der Waals surface area contributed by atoms with Crippen LogP contribution in [0.3, 0.4) is 0 Å². The molecule has 2 aromatic heterocycles. The number of hydrogen-bond donors (Lipinski definition) is 1. The maximum Gasteiger partial charge on any atom is 0.315 e. The van der Waals surface area contributed by atoms with E-state index in [0.29, 0.717) is 17.1 Å². The number of ether oxygens (including phenoxy) is 3. The Morgan fingerprint density at radius 1 is 1.08 bits per heavy atom. The van der Waals surface area contributed by atoms with Crippen molar-refractivity contribution < 1.29 is 28.3 Å². The quantitative estimate of drug-likeness (QED) is 0.157. The second-order valence-corrected chi connectivity index (χ2v) is 8.46. The van der Waals surface area contributed by atoms with Crippen LogP contribution < -0.4 is 19.6 Å². The van der Waals surface area contributed by atoms with Gasteiger partial charge in [-0.3, -0.25) is 14.9 Å². The van der Waals surface area contributed by atoms with Gasteiger partial charge < -0.3 is 23.2 Å².